The lowest BCUT2D eigenvalue weighted by Crippen LogP contribution is -2.49. The fourth-order valence-electron chi connectivity index (χ4n) is 1.39. The SMILES string of the molecule is Cc1ccc(OCC(=O)N[C@H](C(=O)O)[C@@H](C)O)cc1. The number of hydrogen-bond acceptors (Lipinski definition) is 4. The van der Waals surface area contributed by atoms with Crippen LogP contribution in [0.5, 0.6) is 5.75 Å². The Morgan fingerprint density at radius 3 is 2.37 bits per heavy atom. The van der Waals surface area contributed by atoms with Crippen LogP contribution in [0.25, 0.3) is 0 Å². The van der Waals surface area contributed by atoms with Crippen molar-refractivity contribution < 1.29 is 24.5 Å². The Balaban J connectivity index is 2.47. The summed E-state index contributed by atoms with van der Waals surface area (Å²) in [6.07, 6.45) is -1.18. The molecule has 0 aliphatic heterocycles. The molecule has 1 amide bonds. The van der Waals surface area contributed by atoms with Crippen molar-refractivity contribution in [1.82, 2.24) is 5.32 Å². The zero-order chi connectivity index (χ0) is 14.4. The molecule has 6 heteroatoms. The van der Waals surface area contributed by atoms with Gasteiger partial charge in [0.2, 0.25) is 0 Å². The van der Waals surface area contributed by atoms with Crippen LogP contribution in [0.1, 0.15) is 12.5 Å². The Morgan fingerprint density at radius 2 is 1.89 bits per heavy atom. The highest BCUT2D eigenvalue weighted by molar-refractivity contribution is 5.84. The Labute approximate surface area is 111 Å². The monoisotopic (exact) mass is 267 g/mol. The second-order valence-electron chi connectivity index (χ2n) is 4.23. The maximum Gasteiger partial charge on any atom is 0.328 e. The molecule has 1 aromatic rings. The van der Waals surface area contributed by atoms with Crippen LogP contribution < -0.4 is 10.1 Å². The first kappa shape index (κ1) is 15.0. The summed E-state index contributed by atoms with van der Waals surface area (Å²) in [6, 6.07) is 5.76. The van der Waals surface area contributed by atoms with E-state index >= 15 is 0 Å². The Morgan fingerprint density at radius 1 is 1.32 bits per heavy atom. The minimum absolute atomic E-state index is 0.306. The van der Waals surface area contributed by atoms with Crippen molar-refractivity contribution in [3.05, 3.63) is 29.8 Å². The maximum absolute atomic E-state index is 11.5. The van der Waals surface area contributed by atoms with Crippen LogP contribution in [0.2, 0.25) is 0 Å². The number of carbonyl (C=O) groups is 2. The molecule has 2 atom stereocenters. The quantitative estimate of drug-likeness (QED) is 0.690. The predicted molar refractivity (Wildman–Crippen MR) is 67.9 cm³/mol. The molecule has 0 bridgehead atoms. The van der Waals surface area contributed by atoms with E-state index in [4.69, 9.17) is 9.84 Å². The molecule has 0 aliphatic carbocycles. The highest BCUT2D eigenvalue weighted by Crippen LogP contribution is 2.10. The van der Waals surface area contributed by atoms with Crippen molar-refractivity contribution >= 4 is 11.9 Å². The minimum Gasteiger partial charge on any atom is -0.484 e. The van der Waals surface area contributed by atoms with Gasteiger partial charge in [-0.1, -0.05) is 17.7 Å². The molecule has 19 heavy (non-hydrogen) atoms. The molecular formula is C13H17NO5. The van der Waals surface area contributed by atoms with Crippen LogP contribution in [0.3, 0.4) is 0 Å². The van der Waals surface area contributed by atoms with Crippen LogP contribution in [-0.2, 0) is 9.59 Å². The number of benzene rings is 1. The Hall–Kier alpha value is -2.08. The molecule has 0 aliphatic rings. The molecule has 0 fully saturated rings. The summed E-state index contributed by atoms with van der Waals surface area (Å²) >= 11 is 0. The summed E-state index contributed by atoms with van der Waals surface area (Å²) < 4.78 is 5.20. The second kappa shape index (κ2) is 6.75. The third kappa shape index (κ3) is 4.97. The van der Waals surface area contributed by atoms with Crippen LogP contribution in [-0.4, -0.2) is 40.8 Å². The molecule has 1 rings (SSSR count). The van der Waals surface area contributed by atoms with Crippen LogP contribution in [0.15, 0.2) is 24.3 Å². The van der Waals surface area contributed by atoms with Crippen molar-refractivity contribution in [2.75, 3.05) is 6.61 Å². The average molecular weight is 267 g/mol. The van der Waals surface area contributed by atoms with E-state index in [1.807, 2.05) is 19.1 Å². The van der Waals surface area contributed by atoms with Crippen molar-refractivity contribution in [3.63, 3.8) is 0 Å². The number of carbonyl (C=O) groups excluding carboxylic acids is 1. The van der Waals surface area contributed by atoms with E-state index in [0.717, 1.165) is 5.56 Å². The number of amides is 1. The number of rotatable bonds is 6. The number of aryl methyl sites for hydroxylation is 1. The molecule has 104 valence electrons. The van der Waals surface area contributed by atoms with E-state index in [0.29, 0.717) is 5.75 Å². The van der Waals surface area contributed by atoms with Gasteiger partial charge in [0.1, 0.15) is 5.75 Å². The Kier molecular flexibility index (Phi) is 5.32. The van der Waals surface area contributed by atoms with Crippen molar-refractivity contribution in [2.24, 2.45) is 0 Å². The van der Waals surface area contributed by atoms with E-state index in [2.05, 4.69) is 5.32 Å². The van der Waals surface area contributed by atoms with Gasteiger partial charge < -0.3 is 20.3 Å². The van der Waals surface area contributed by atoms with Gasteiger partial charge in [-0.2, -0.15) is 0 Å². The Bertz CT molecular complexity index is 441. The van der Waals surface area contributed by atoms with Gasteiger partial charge in [0.05, 0.1) is 6.10 Å². The molecule has 0 saturated heterocycles. The molecule has 0 spiro atoms. The minimum atomic E-state index is -1.34. The largest absolute Gasteiger partial charge is 0.484 e. The van der Waals surface area contributed by atoms with E-state index < -0.39 is 24.0 Å². The number of nitrogens with one attached hydrogen (secondary N) is 1. The van der Waals surface area contributed by atoms with E-state index in [1.165, 1.54) is 6.92 Å². The maximum atomic E-state index is 11.5. The van der Waals surface area contributed by atoms with Gasteiger partial charge in [-0.3, -0.25) is 4.79 Å². The second-order valence-corrected chi connectivity index (χ2v) is 4.23. The third-order valence-corrected chi connectivity index (χ3v) is 2.46. The van der Waals surface area contributed by atoms with Crippen molar-refractivity contribution in [2.45, 2.75) is 26.0 Å². The zero-order valence-corrected chi connectivity index (χ0v) is 10.8. The van der Waals surface area contributed by atoms with E-state index in [1.54, 1.807) is 12.1 Å². The van der Waals surface area contributed by atoms with Gasteiger partial charge in [0.15, 0.2) is 12.6 Å². The zero-order valence-electron chi connectivity index (χ0n) is 10.8. The van der Waals surface area contributed by atoms with Crippen LogP contribution in [0.4, 0.5) is 0 Å². The molecule has 0 radical (unpaired) electrons. The van der Waals surface area contributed by atoms with Crippen molar-refractivity contribution in [1.29, 1.82) is 0 Å². The van der Waals surface area contributed by atoms with Gasteiger partial charge in [0.25, 0.3) is 5.91 Å². The first-order chi connectivity index (χ1) is 8.90. The van der Waals surface area contributed by atoms with Gasteiger partial charge in [-0.15, -0.1) is 0 Å². The summed E-state index contributed by atoms with van der Waals surface area (Å²) in [4.78, 5) is 22.3. The number of aliphatic hydroxyl groups is 1. The summed E-state index contributed by atoms with van der Waals surface area (Å²) in [5.74, 6) is -1.38. The average Bonchev–Trinajstić information content (AvgIpc) is 2.34. The summed E-state index contributed by atoms with van der Waals surface area (Å²) in [7, 11) is 0. The van der Waals surface area contributed by atoms with Gasteiger partial charge >= 0.3 is 5.97 Å². The first-order valence-electron chi connectivity index (χ1n) is 5.80. The number of hydrogen-bond donors (Lipinski definition) is 3. The van der Waals surface area contributed by atoms with Crippen LogP contribution in [0, 0.1) is 6.92 Å². The lowest BCUT2D eigenvalue weighted by atomic mass is 10.2. The number of carboxylic acid groups (broad SMARTS) is 1. The first-order valence-corrected chi connectivity index (χ1v) is 5.80. The molecule has 6 nitrogen and oxygen atoms in total. The molecular weight excluding hydrogens is 250 g/mol. The number of ether oxygens (including phenoxy) is 1. The fourth-order valence-corrected chi connectivity index (χ4v) is 1.39. The number of aliphatic hydroxyl groups excluding tert-OH is 1. The van der Waals surface area contributed by atoms with Gasteiger partial charge in [0, 0.05) is 0 Å². The fraction of sp³-hybridized carbons (Fsp3) is 0.385. The third-order valence-electron chi connectivity index (χ3n) is 2.46. The molecule has 0 heterocycles. The standard InChI is InChI=1S/C13H17NO5/c1-8-3-5-10(6-4-8)19-7-11(16)14-12(9(2)15)13(17)18/h3-6,9,12,15H,7H2,1-2H3,(H,14,16)(H,17,18)/t9-,12+/m1/s1. The van der Waals surface area contributed by atoms with E-state index in [-0.39, 0.29) is 6.61 Å². The van der Waals surface area contributed by atoms with Crippen LogP contribution >= 0.6 is 0 Å². The lowest BCUT2D eigenvalue weighted by Gasteiger charge is -2.17. The number of aliphatic carboxylic acids is 1. The predicted octanol–water partition coefficient (Wildman–Crippen LogP) is 0.324. The topological polar surface area (TPSA) is 95.9 Å². The molecule has 0 unspecified atom stereocenters. The molecule has 0 saturated carbocycles. The smallest absolute Gasteiger partial charge is 0.328 e. The van der Waals surface area contributed by atoms with Crippen molar-refractivity contribution in [3.8, 4) is 5.75 Å². The summed E-state index contributed by atoms with van der Waals surface area (Å²) in [6.45, 7) is 2.91. The van der Waals surface area contributed by atoms with Gasteiger partial charge in [-0.05, 0) is 26.0 Å². The van der Waals surface area contributed by atoms with Gasteiger partial charge in [-0.25, -0.2) is 4.79 Å². The normalized spacial score (nSPS) is 13.4. The summed E-state index contributed by atoms with van der Waals surface area (Å²) in [5, 5.41) is 20.2. The highest BCUT2D eigenvalue weighted by atomic mass is 16.5. The highest BCUT2D eigenvalue weighted by Gasteiger charge is 2.24. The summed E-state index contributed by atoms with van der Waals surface area (Å²) in [5.41, 5.74) is 1.07. The molecule has 1 aromatic carbocycles. The molecule has 3 N–H and O–H groups in total. The van der Waals surface area contributed by atoms with E-state index in [9.17, 15) is 14.7 Å². The lowest BCUT2D eigenvalue weighted by molar-refractivity contribution is -0.145. The molecule has 0 aromatic heterocycles. The number of carboxylic acids is 1.